The van der Waals surface area contributed by atoms with Crippen LogP contribution in [0.25, 0.3) is 0 Å². The monoisotopic (exact) mass is 284 g/mol. The maximum Gasteiger partial charge on any atom is 0.310 e. The number of hydrogen-bond acceptors (Lipinski definition) is 3. The maximum absolute atomic E-state index is 12.6. The van der Waals surface area contributed by atoms with Gasteiger partial charge in [-0.2, -0.15) is 0 Å². The van der Waals surface area contributed by atoms with Crippen molar-refractivity contribution < 1.29 is 19.5 Å². The molecular weight excluding hydrogens is 260 g/mol. The van der Waals surface area contributed by atoms with Gasteiger partial charge in [-0.25, -0.2) is 0 Å². The van der Waals surface area contributed by atoms with Crippen LogP contribution in [0.15, 0.2) is 0 Å². The number of carboxylic acid groups (broad SMARTS) is 1. The third kappa shape index (κ3) is 2.78. The second kappa shape index (κ2) is 5.42. The van der Waals surface area contributed by atoms with Crippen molar-refractivity contribution in [1.29, 1.82) is 0 Å². The molecule has 0 bridgehead atoms. The lowest BCUT2D eigenvalue weighted by molar-refractivity contribution is -0.165. The zero-order valence-corrected chi connectivity index (χ0v) is 12.9. The van der Waals surface area contributed by atoms with Gasteiger partial charge in [0.05, 0.1) is 10.8 Å². The van der Waals surface area contributed by atoms with Crippen LogP contribution in [0.4, 0.5) is 0 Å². The first-order chi connectivity index (χ1) is 9.01. The Morgan fingerprint density at radius 2 is 1.25 bits per heavy atom. The Labute approximate surface area is 119 Å². The second-order valence-electron chi connectivity index (χ2n) is 6.35. The highest BCUT2D eigenvalue weighted by Gasteiger charge is 2.50. The first-order valence-corrected chi connectivity index (χ1v) is 6.80. The Hall–Kier alpha value is -1.59. The minimum absolute atomic E-state index is 0.00206. The smallest absolute Gasteiger partial charge is 0.310 e. The summed E-state index contributed by atoms with van der Waals surface area (Å²) in [6, 6.07) is 0. The van der Waals surface area contributed by atoms with E-state index in [0.29, 0.717) is 26.2 Å². The van der Waals surface area contributed by atoms with E-state index in [-0.39, 0.29) is 11.8 Å². The summed E-state index contributed by atoms with van der Waals surface area (Å²) in [5, 5.41) is 9.32. The van der Waals surface area contributed by atoms with Crippen molar-refractivity contribution in [3.8, 4) is 0 Å². The zero-order chi connectivity index (χ0) is 15.7. The first-order valence-electron chi connectivity index (χ1n) is 6.80. The van der Waals surface area contributed by atoms with Crippen LogP contribution >= 0.6 is 0 Å². The van der Waals surface area contributed by atoms with Gasteiger partial charge in [-0.15, -0.1) is 0 Å². The summed E-state index contributed by atoms with van der Waals surface area (Å²) in [4.78, 5) is 38.6. The number of carbonyl (C=O) groups is 3. The van der Waals surface area contributed by atoms with E-state index < -0.39 is 16.8 Å². The van der Waals surface area contributed by atoms with Crippen molar-refractivity contribution in [3.63, 3.8) is 0 Å². The van der Waals surface area contributed by atoms with Crippen LogP contribution in [-0.2, 0) is 14.4 Å². The van der Waals surface area contributed by atoms with E-state index in [1.165, 1.54) is 6.92 Å². The second-order valence-corrected chi connectivity index (χ2v) is 6.35. The molecule has 1 rings (SSSR count). The Kier molecular flexibility index (Phi) is 4.46. The van der Waals surface area contributed by atoms with Gasteiger partial charge in [-0.1, -0.05) is 0 Å². The summed E-state index contributed by atoms with van der Waals surface area (Å²) in [5.41, 5.74) is -2.15. The molecule has 0 aromatic rings. The van der Waals surface area contributed by atoms with Crippen molar-refractivity contribution in [3.05, 3.63) is 0 Å². The molecule has 6 heteroatoms. The van der Waals surface area contributed by atoms with Gasteiger partial charge in [0.25, 0.3) is 0 Å². The van der Waals surface area contributed by atoms with Crippen LogP contribution in [-0.4, -0.2) is 58.9 Å². The number of carboxylic acids is 1. The molecule has 20 heavy (non-hydrogen) atoms. The van der Waals surface area contributed by atoms with Crippen molar-refractivity contribution in [2.45, 2.75) is 34.6 Å². The van der Waals surface area contributed by atoms with Crippen LogP contribution < -0.4 is 0 Å². The number of rotatable bonds is 3. The normalized spacial score (nSPS) is 17.1. The van der Waals surface area contributed by atoms with Gasteiger partial charge < -0.3 is 14.9 Å². The fraction of sp³-hybridized carbons (Fsp3) is 0.786. The van der Waals surface area contributed by atoms with E-state index in [0.717, 1.165) is 0 Å². The molecule has 1 aliphatic heterocycles. The number of carbonyl (C=O) groups excluding carboxylic acids is 2. The van der Waals surface area contributed by atoms with Crippen molar-refractivity contribution in [1.82, 2.24) is 9.80 Å². The number of hydrogen-bond donors (Lipinski definition) is 1. The molecule has 0 radical (unpaired) electrons. The van der Waals surface area contributed by atoms with Crippen molar-refractivity contribution >= 4 is 17.8 Å². The standard InChI is InChI=1S/C14H24N2O4/c1-10(17)15-6-8-16(9-7-15)11(18)13(2,3)14(4,5)12(19)20/h6-9H2,1-5H3,(H,19,20). The number of amides is 2. The molecule has 1 fully saturated rings. The van der Waals surface area contributed by atoms with Gasteiger partial charge in [0.15, 0.2) is 0 Å². The molecule has 0 aromatic heterocycles. The predicted molar refractivity (Wildman–Crippen MR) is 74.0 cm³/mol. The average Bonchev–Trinajstić information content (AvgIpc) is 2.37. The van der Waals surface area contributed by atoms with E-state index in [1.807, 2.05) is 0 Å². The number of piperazine rings is 1. The molecule has 6 nitrogen and oxygen atoms in total. The van der Waals surface area contributed by atoms with Crippen LogP contribution in [0.2, 0.25) is 0 Å². The topological polar surface area (TPSA) is 77.9 Å². The summed E-state index contributed by atoms with van der Waals surface area (Å²) in [6.45, 7) is 9.90. The largest absolute Gasteiger partial charge is 0.481 e. The van der Waals surface area contributed by atoms with Gasteiger partial charge in [0.1, 0.15) is 0 Å². The average molecular weight is 284 g/mol. The molecule has 1 heterocycles. The summed E-state index contributed by atoms with van der Waals surface area (Å²) in [6.07, 6.45) is 0. The van der Waals surface area contributed by atoms with E-state index in [2.05, 4.69) is 0 Å². The van der Waals surface area contributed by atoms with Gasteiger partial charge >= 0.3 is 5.97 Å². The molecular formula is C14H24N2O4. The summed E-state index contributed by atoms with van der Waals surface area (Å²) in [5.74, 6) is -1.16. The summed E-state index contributed by atoms with van der Waals surface area (Å²) >= 11 is 0. The van der Waals surface area contributed by atoms with Crippen LogP contribution in [0.5, 0.6) is 0 Å². The first kappa shape index (κ1) is 16.5. The summed E-state index contributed by atoms with van der Waals surface area (Å²) in [7, 11) is 0. The third-order valence-corrected chi connectivity index (χ3v) is 4.64. The molecule has 0 aromatic carbocycles. The highest BCUT2D eigenvalue weighted by molar-refractivity contribution is 5.89. The molecule has 1 N–H and O–H groups in total. The van der Waals surface area contributed by atoms with Crippen LogP contribution in [0.1, 0.15) is 34.6 Å². The minimum atomic E-state index is -1.15. The minimum Gasteiger partial charge on any atom is -0.481 e. The van der Waals surface area contributed by atoms with E-state index in [4.69, 9.17) is 0 Å². The molecule has 1 saturated heterocycles. The Morgan fingerprint density at radius 1 is 0.850 bits per heavy atom. The fourth-order valence-corrected chi connectivity index (χ4v) is 2.15. The molecule has 0 spiro atoms. The quantitative estimate of drug-likeness (QED) is 0.832. The lowest BCUT2D eigenvalue weighted by Crippen LogP contribution is -2.57. The molecule has 1 aliphatic rings. The van der Waals surface area contributed by atoms with Crippen LogP contribution in [0, 0.1) is 10.8 Å². The molecule has 114 valence electrons. The van der Waals surface area contributed by atoms with E-state index >= 15 is 0 Å². The van der Waals surface area contributed by atoms with E-state index in [1.54, 1.807) is 37.5 Å². The number of nitrogens with zero attached hydrogens (tertiary/aromatic N) is 2. The predicted octanol–water partition coefficient (Wildman–Crippen LogP) is 0.814. The Balaban J connectivity index is 2.81. The highest BCUT2D eigenvalue weighted by atomic mass is 16.4. The molecule has 0 saturated carbocycles. The van der Waals surface area contributed by atoms with Crippen molar-refractivity contribution in [2.24, 2.45) is 10.8 Å². The third-order valence-electron chi connectivity index (χ3n) is 4.64. The lowest BCUT2D eigenvalue weighted by Gasteiger charge is -2.43. The van der Waals surface area contributed by atoms with Gasteiger partial charge in [0.2, 0.25) is 11.8 Å². The van der Waals surface area contributed by atoms with Gasteiger partial charge in [0, 0.05) is 33.1 Å². The maximum atomic E-state index is 12.6. The van der Waals surface area contributed by atoms with Crippen LogP contribution in [0.3, 0.4) is 0 Å². The van der Waals surface area contributed by atoms with E-state index in [9.17, 15) is 19.5 Å². The molecule has 2 amide bonds. The molecule has 0 aliphatic carbocycles. The van der Waals surface area contributed by atoms with Gasteiger partial charge in [-0.05, 0) is 27.7 Å². The Bertz CT molecular complexity index is 421. The number of aliphatic carboxylic acids is 1. The fourth-order valence-electron chi connectivity index (χ4n) is 2.15. The SMILES string of the molecule is CC(=O)N1CCN(C(=O)C(C)(C)C(C)(C)C(=O)O)CC1. The Morgan fingerprint density at radius 3 is 1.60 bits per heavy atom. The highest BCUT2D eigenvalue weighted by Crippen LogP contribution is 2.40. The summed E-state index contributed by atoms with van der Waals surface area (Å²) < 4.78 is 0. The van der Waals surface area contributed by atoms with Gasteiger partial charge in [-0.3, -0.25) is 14.4 Å². The molecule has 0 atom stereocenters. The zero-order valence-electron chi connectivity index (χ0n) is 12.9. The molecule has 0 unspecified atom stereocenters. The van der Waals surface area contributed by atoms with Crippen molar-refractivity contribution in [2.75, 3.05) is 26.2 Å². The lowest BCUT2D eigenvalue weighted by atomic mass is 9.67.